The lowest BCUT2D eigenvalue weighted by Gasteiger charge is -2.30. The molecule has 0 aliphatic carbocycles. The molecule has 0 unspecified atom stereocenters. The average Bonchev–Trinajstić information content (AvgIpc) is 3.13. The van der Waals surface area contributed by atoms with Gasteiger partial charge < -0.3 is 9.88 Å². The number of hydrogen-bond acceptors (Lipinski definition) is 5. The number of imidazole rings is 1. The molecule has 9 heteroatoms. The zero-order valence-corrected chi connectivity index (χ0v) is 14.8. The van der Waals surface area contributed by atoms with Crippen molar-refractivity contribution in [2.45, 2.75) is 31.3 Å². The quantitative estimate of drug-likeness (QED) is 0.864. The maximum atomic E-state index is 12.7. The Balaban J connectivity index is 1.71. The lowest BCUT2D eigenvalue weighted by atomic mass is 9.99. The van der Waals surface area contributed by atoms with Gasteiger partial charge in [-0.2, -0.15) is 4.31 Å². The third-order valence-electron chi connectivity index (χ3n) is 4.25. The van der Waals surface area contributed by atoms with E-state index < -0.39 is 15.9 Å². The SMILES string of the molecule is CCn1cnc(S(=O)(=O)N2CCC[C@@H](C(=O)Nc3ccccn3)C2)c1. The van der Waals surface area contributed by atoms with Crippen molar-refractivity contribution in [3.8, 4) is 0 Å². The van der Waals surface area contributed by atoms with Crippen LogP contribution in [0.15, 0.2) is 41.9 Å². The van der Waals surface area contributed by atoms with Gasteiger partial charge in [0.05, 0.1) is 12.2 Å². The van der Waals surface area contributed by atoms with E-state index in [2.05, 4.69) is 15.3 Å². The van der Waals surface area contributed by atoms with E-state index in [0.717, 1.165) is 0 Å². The number of amides is 1. The largest absolute Gasteiger partial charge is 0.336 e. The first kappa shape index (κ1) is 17.6. The van der Waals surface area contributed by atoms with Gasteiger partial charge in [0.1, 0.15) is 5.82 Å². The fraction of sp³-hybridized carbons (Fsp3) is 0.438. The number of anilines is 1. The predicted molar refractivity (Wildman–Crippen MR) is 92.3 cm³/mol. The van der Waals surface area contributed by atoms with Gasteiger partial charge in [-0.3, -0.25) is 4.79 Å². The highest BCUT2D eigenvalue weighted by Crippen LogP contribution is 2.23. The lowest BCUT2D eigenvalue weighted by molar-refractivity contribution is -0.120. The van der Waals surface area contributed by atoms with Crippen molar-refractivity contribution in [1.29, 1.82) is 0 Å². The van der Waals surface area contributed by atoms with Crippen LogP contribution in [0, 0.1) is 5.92 Å². The number of aromatic nitrogens is 3. The Hall–Kier alpha value is -2.26. The Kier molecular flexibility index (Phi) is 5.14. The number of rotatable bonds is 5. The Labute approximate surface area is 146 Å². The van der Waals surface area contributed by atoms with E-state index in [1.807, 2.05) is 6.92 Å². The number of aryl methyl sites for hydroxylation is 1. The molecular formula is C16H21N5O3S. The van der Waals surface area contributed by atoms with E-state index in [0.29, 0.717) is 31.7 Å². The van der Waals surface area contributed by atoms with E-state index in [1.165, 1.54) is 16.8 Å². The topological polar surface area (TPSA) is 97.2 Å². The van der Waals surface area contributed by atoms with Crippen molar-refractivity contribution in [2.75, 3.05) is 18.4 Å². The van der Waals surface area contributed by atoms with Crippen LogP contribution >= 0.6 is 0 Å². The van der Waals surface area contributed by atoms with Crippen LogP contribution in [-0.2, 0) is 21.4 Å². The highest BCUT2D eigenvalue weighted by Gasteiger charge is 2.34. The minimum absolute atomic E-state index is 0.0279. The van der Waals surface area contributed by atoms with E-state index >= 15 is 0 Å². The average molecular weight is 363 g/mol. The summed E-state index contributed by atoms with van der Waals surface area (Å²) < 4.78 is 28.6. The van der Waals surface area contributed by atoms with Crippen LogP contribution in [0.2, 0.25) is 0 Å². The fourth-order valence-corrected chi connectivity index (χ4v) is 4.28. The number of carbonyl (C=O) groups is 1. The minimum Gasteiger partial charge on any atom is -0.336 e. The second-order valence-electron chi connectivity index (χ2n) is 5.95. The summed E-state index contributed by atoms with van der Waals surface area (Å²) in [7, 11) is -3.68. The van der Waals surface area contributed by atoms with E-state index in [9.17, 15) is 13.2 Å². The van der Waals surface area contributed by atoms with Crippen LogP contribution in [0.5, 0.6) is 0 Å². The molecule has 1 aliphatic rings. The molecule has 2 aromatic rings. The number of piperidine rings is 1. The molecule has 8 nitrogen and oxygen atoms in total. The molecule has 134 valence electrons. The standard InChI is InChI=1S/C16H21N5O3S/c1-2-20-11-15(18-12-20)25(23,24)21-9-5-6-13(10-21)16(22)19-14-7-3-4-8-17-14/h3-4,7-8,11-13H,2,5-6,9-10H2,1H3,(H,17,19,22)/t13-/m1/s1. The number of nitrogens with zero attached hydrogens (tertiary/aromatic N) is 4. The number of pyridine rings is 1. The zero-order valence-electron chi connectivity index (χ0n) is 14.0. The monoisotopic (exact) mass is 363 g/mol. The van der Waals surface area contributed by atoms with Gasteiger partial charge in [0.25, 0.3) is 10.0 Å². The fourth-order valence-electron chi connectivity index (χ4n) is 2.82. The van der Waals surface area contributed by atoms with Crippen LogP contribution in [0.1, 0.15) is 19.8 Å². The summed E-state index contributed by atoms with van der Waals surface area (Å²) in [5.74, 6) is -0.148. The second-order valence-corrected chi connectivity index (χ2v) is 7.83. The lowest BCUT2D eigenvalue weighted by Crippen LogP contribution is -2.43. The first-order valence-electron chi connectivity index (χ1n) is 8.24. The van der Waals surface area contributed by atoms with E-state index in [1.54, 1.807) is 29.0 Å². The van der Waals surface area contributed by atoms with Gasteiger partial charge in [-0.25, -0.2) is 18.4 Å². The molecule has 1 amide bonds. The maximum absolute atomic E-state index is 12.7. The normalized spacial score (nSPS) is 18.8. The van der Waals surface area contributed by atoms with Gasteiger partial charge >= 0.3 is 0 Å². The third kappa shape index (κ3) is 3.88. The Bertz CT molecular complexity index is 834. The van der Waals surface area contributed by atoms with Crippen LogP contribution in [0.4, 0.5) is 5.82 Å². The van der Waals surface area contributed by atoms with Crippen LogP contribution in [0.25, 0.3) is 0 Å². The molecule has 0 bridgehead atoms. The van der Waals surface area contributed by atoms with Gasteiger partial charge in [-0.05, 0) is 31.9 Å². The van der Waals surface area contributed by atoms with Crippen LogP contribution in [-0.4, -0.2) is 46.3 Å². The minimum atomic E-state index is -3.68. The maximum Gasteiger partial charge on any atom is 0.262 e. The number of hydrogen-bond donors (Lipinski definition) is 1. The summed E-state index contributed by atoms with van der Waals surface area (Å²) >= 11 is 0. The Morgan fingerprint density at radius 1 is 1.36 bits per heavy atom. The molecule has 3 rings (SSSR count). The van der Waals surface area contributed by atoms with Gasteiger partial charge in [0, 0.05) is 32.0 Å². The molecule has 3 heterocycles. The molecule has 0 aromatic carbocycles. The van der Waals surface area contributed by atoms with Crippen LogP contribution < -0.4 is 5.32 Å². The molecule has 1 saturated heterocycles. The van der Waals surface area contributed by atoms with E-state index in [4.69, 9.17) is 0 Å². The summed E-state index contributed by atoms with van der Waals surface area (Å²) in [6, 6.07) is 5.25. The predicted octanol–water partition coefficient (Wildman–Crippen LogP) is 1.34. The molecule has 25 heavy (non-hydrogen) atoms. The molecule has 1 fully saturated rings. The summed E-state index contributed by atoms with van der Waals surface area (Å²) in [6.07, 6.45) is 5.90. The Morgan fingerprint density at radius 2 is 2.20 bits per heavy atom. The third-order valence-corrected chi connectivity index (χ3v) is 6.00. The first-order valence-corrected chi connectivity index (χ1v) is 9.68. The highest BCUT2D eigenvalue weighted by molar-refractivity contribution is 7.89. The van der Waals surface area contributed by atoms with Gasteiger partial charge in [-0.1, -0.05) is 6.07 Å². The summed E-state index contributed by atoms with van der Waals surface area (Å²) in [5, 5.41) is 2.77. The van der Waals surface area contributed by atoms with Crippen molar-refractivity contribution >= 4 is 21.7 Å². The summed E-state index contributed by atoms with van der Waals surface area (Å²) in [4.78, 5) is 20.5. The molecule has 1 atom stereocenters. The van der Waals surface area contributed by atoms with Crippen molar-refractivity contribution in [3.05, 3.63) is 36.9 Å². The molecule has 1 N–H and O–H groups in total. The highest BCUT2D eigenvalue weighted by atomic mass is 32.2. The second kappa shape index (κ2) is 7.32. The molecule has 1 aliphatic heterocycles. The van der Waals surface area contributed by atoms with Gasteiger partial charge in [-0.15, -0.1) is 0 Å². The first-order chi connectivity index (χ1) is 12.0. The summed E-state index contributed by atoms with van der Waals surface area (Å²) in [5.41, 5.74) is 0. The van der Waals surface area contributed by atoms with E-state index in [-0.39, 0.29) is 17.5 Å². The summed E-state index contributed by atoms with van der Waals surface area (Å²) in [6.45, 7) is 3.11. The zero-order chi connectivity index (χ0) is 17.9. The van der Waals surface area contributed by atoms with Crippen molar-refractivity contribution in [2.24, 2.45) is 5.92 Å². The molecule has 0 saturated carbocycles. The molecule has 2 aromatic heterocycles. The van der Waals surface area contributed by atoms with Gasteiger partial charge in [0.2, 0.25) is 5.91 Å². The number of carbonyl (C=O) groups excluding carboxylic acids is 1. The Morgan fingerprint density at radius 3 is 2.88 bits per heavy atom. The van der Waals surface area contributed by atoms with Crippen molar-refractivity contribution < 1.29 is 13.2 Å². The molecule has 0 spiro atoms. The van der Waals surface area contributed by atoms with Crippen molar-refractivity contribution in [1.82, 2.24) is 18.8 Å². The molecule has 0 radical (unpaired) electrons. The van der Waals surface area contributed by atoms with Crippen LogP contribution in [0.3, 0.4) is 0 Å². The smallest absolute Gasteiger partial charge is 0.262 e. The van der Waals surface area contributed by atoms with Gasteiger partial charge in [0.15, 0.2) is 5.03 Å². The molecular weight excluding hydrogens is 342 g/mol. The van der Waals surface area contributed by atoms with Crippen molar-refractivity contribution in [3.63, 3.8) is 0 Å². The number of nitrogens with one attached hydrogen (secondary N) is 1. The number of sulfonamides is 1.